The van der Waals surface area contributed by atoms with E-state index in [4.69, 9.17) is 14.5 Å². The monoisotopic (exact) mass is 423 g/mol. The van der Waals surface area contributed by atoms with E-state index in [0.717, 1.165) is 44.4 Å². The summed E-state index contributed by atoms with van der Waals surface area (Å²) in [7, 11) is 3.25. The summed E-state index contributed by atoms with van der Waals surface area (Å²) in [5.41, 5.74) is 5.10. The lowest BCUT2D eigenvalue weighted by atomic mass is 10.1. The Morgan fingerprint density at radius 3 is 2.67 bits per heavy atom. The summed E-state index contributed by atoms with van der Waals surface area (Å²) in [5.74, 6) is 1.37. The molecule has 3 aromatic rings. The van der Waals surface area contributed by atoms with Gasteiger partial charge in [-0.3, -0.25) is 0 Å². The highest BCUT2D eigenvalue weighted by Crippen LogP contribution is 2.36. The summed E-state index contributed by atoms with van der Waals surface area (Å²) in [6, 6.07) is 11.8. The van der Waals surface area contributed by atoms with Crippen molar-refractivity contribution in [1.82, 2.24) is 9.88 Å². The number of rotatable bonds is 4. The van der Waals surface area contributed by atoms with E-state index < -0.39 is 0 Å². The van der Waals surface area contributed by atoms with Crippen LogP contribution in [0.1, 0.15) is 21.7 Å². The number of methoxy groups -OCH3 is 2. The van der Waals surface area contributed by atoms with Crippen LogP contribution in [-0.2, 0) is 13.0 Å². The fourth-order valence-electron chi connectivity index (χ4n) is 3.53. The number of amides is 2. The molecule has 0 saturated heterocycles. The molecule has 0 radical (unpaired) electrons. The van der Waals surface area contributed by atoms with Gasteiger partial charge in [-0.2, -0.15) is 0 Å². The van der Waals surface area contributed by atoms with Gasteiger partial charge in [-0.05, 0) is 49.2 Å². The maximum atomic E-state index is 12.8. The molecule has 0 atom stereocenters. The number of carbonyl (C=O) groups excluding carboxylic acids is 1. The fourth-order valence-corrected chi connectivity index (χ4v) is 4.65. The minimum Gasteiger partial charge on any atom is -0.493 e. The molecule has 7 heteroatoms. The quantitative estimate of drug-likeness (QED) is 0.639. The molecule has 1 N–H and O–H groups in total. The Labute approximate surface area is 180 Å². The van der Waals surface area contributed by atoms with Crippen LogP contribution in [-0.4, -0.2) is 36.7 Å². The van der Waals surface area contributed by atoms with E-state index in [1.807, 2.05) is 55.1 Å². The fraction of sp³-hybridized carbons (Fsp3) is 0.304. The van der Waals surface area contributed by atoms with Crippen LogP contribution in [0.15, 0.2) is 36.4 Å². The number of nitrogens with one attached hydrogen (secondary N) is 1. The van der Waals surface area contributed by atoms with Gasteiger partial charge in [0.15, 0.2) is 11.5 Å². The Morgan fingerprint density at radius 1 is 1.10 bits per heavy atom. The van der Waals surface area contributed by atoms with Crippen LogP contribution in [0.5, 0.6) is 11.5 Å². The van der Waals surface area contributed by atoms with Crippen LogP contribution in [0, 0.1) is 13.8 Å². The van der Waals surface area contributed by atoms with Gasteiger partial charge < -0.3 is 19.7 Å². The number of thiazole rings is 1. The van der Waals surface area contributed by atoms with E-state index in [0.29, 0.717) is 24.6 Å². The van der Waals surface area contributed by atoms with Crippen LogP contribution < -0.4 is 14.8 Å². The summed E-state index contributed by atoms with van der Waals surface area (Å²) in [5, 5.41) is 3.99. The van der Waals surface area contributed by atoms with Crippen molar-refractivity contribution >= 4 is 23.1 Å². The normalized spacial score (nSPS) is 13.0. The Hall–Kier alpha value is -3.06. The van der Waals surface area contributed by atoms with Crippen molar-refractivity contribution in [3.63, 3.8) is 0 Å². The number of fused-ring (bicyclic) bond motifs is 1. The number of benzene rings is 2. The van der Waals surface area contributed by atoms with Gasteiger partial charge in [0.05, 0.1) is 26.5 Å². The van der Waals surface area contributed by atoms with Gasteiger partial charge in [-0.25, -0.2) is 9.78 Å². The van der Waals surface area contributed by atoms with Gasteiger partial charge in [0, 0.05) is 29.1 Å². The number of ether oxygens (including phenoxy) is 2. The van der Waals surface area contributed by atoms with E-state index in [9.17, 15) is 4.79 Å². The van der Waals surface area contributed by atoms with E-state index in [1.165, 1.54) is 0 Å². The molecule has 0 aliphatic carbocycles. The minimum absolute atomic E-state index is 0.0737. The van der Waals surface area contributed by atoms with Crippen molar-refractivity contribution in [1.29, 1.82) is 0 Å². The molecule has 2 aromatic carbocycles. The maximum Gasteiger partial charge on any atom is 0.322 e. The number of hydrogen-bond donors (Lipinski definition) is 1. The molecular formula is C23H25N3O3S. The number of urea groups is 1. The lowest BCUT2D eigenvalue weighted by molar-refractivity contribution is 0.207. The summed E-state index contributed by atoms with van der Waals surface area (Å²) in [6.45, 7) is 5.24. The van der Waals surface area contributed by atoms with Crippen molar-refractivity contribution in [3.05, 3.63) is 58.1 Å². The van der Waals surface area contributed by atoms with Gasteiger partial charge in [-0.1, -0.05) is 12.1 Å². The van der Waals surface area contributed by atoms with Crippen LogP contribution in [0.4, 0.5) is 10.5 Å². The number of aryl methyl sites for hydroxylation is 2. The second-order valence-corrected chi connectivity index (χ2v) is 8.46. The molecule has 156 valence electrons. The molecule has 1 aliphatic heterocycles. The molecule has 0 bridgehead atoms. The van der Waals surface area contributed by atoms with E-state index >= 15 is 0 Å². The second-order valence-electron chi connectivity index (χ2n) is 7.38. The van der Waals surface area contributed by atoms with Gasteiger partial charge in [0.25, 0.3) is 0 Å². The molecule has 2 amide bonds. The molecule has 1 aliphatic rings. The molecule has 0 unspecified atom stereocenters. The van der Waals surface area contributed by atoms with E-state index in [1.54, 1.807) is 25.6 Å². The first-order valence-corrected chi connectivity index (χ1v) is 10.6. The zero-order chi connectivity index (χ0) is 21.3. The molecule has 4 rings (SSSR count). The third kappa shape index (κ3) is 3.98. The topological polar surface area (TPSA) is 63.7 Å². The summed E-state index contributed by atoms with van der Waals surface area (Å²) < 4.78 is 10.7. The third-order valence-corrected chi connectivity index (χ3v) is 6.42. The van der Waals surface area contributed by atoms with Crippen LogP contribution in [0.25, 0.3) is 10.6 Å². The van der Waals surface area contributed by atoms with E-state index in [2.05, 4.69) is 5.32 Å². The van der Waals surface area contributed by atoms with Gasteiger partial charge in [0.1, 0.15) is 5.01 Å². The molecular weight excluding hydrogens is 398 g/mol. The lowest BCUT2D eigenvalue weighted by Crippen LogP contribution is -2.38. The smallest absolute Gasteiger partial charge is 0.322 e. The second kappa shape index (κ2) is 8.36. The summed E-state index contributed by atoms with van der Waals surface area (Å²) >= 11 is 1.62. The number of carbonyl (C=O) groups is 1. The minimum atomic E-state index is -0.0737. The standard InChI is InChI=1S/C23H25N3O3S/c1-14-5-6-15(2)18(11-14)25-23(27)26-10-9-17-21(13-26)30-22(24-17)16-7-8-19(28-3)20(12-16)29-4/h5-8,11-12H,9-10,13H2,1-4H3,(H,25,27). The number of hydrogen-bond acceptors (Lipinski definition) is 5. The predicted octanol–water partition coefficient (Wildman–Crippen LogP) is 5.03. The van der Waals surface area contributed by atoms with E-state index in [-0.39, 0.29) is 6.03 Å². The van der Waals surface area contributed by atoms with Crippen LogP contribution in [0.2, 0.25) is 0 Å². The van der Waals surface area contributed by atoms with Gasteiger partial charge in [-0.15, -0.1) is 11.3 Å². The molecule has 0 fully saturated rings. The zero-order valence-electron chi connectivity index (χ0n) is 17.6. The first-order chi connectivity index (χ1) is 14.5. The van der Waals surface area contributed by atoms with Crippen molar-refractivity contribution in [3.8, 4) is 22.1 Å². The average molecular weight is 424 g/mol. The highest BCUT2D eigenvalue weighted by Gasteiger charge is 2.25. The number of nitrogens with zero attached hydrogens (tertiary/aromatic N) is 2. The number of anilines is 1. The predicted molar refractivity (Wildman–Crippen MR) is 120 cm³/mol. The molecule has 30 heavy (non-hydrogen) atoms. The van der Waals surface area contributed by atoms with Gasteiger partial charge >= 0.3 is 6.03 Å². The first kappa shape index (κ1) is 20.2. The highest BCUT2D eigenvalue weighted by atomic mass is 32.1. The SMILES string of the molecule is COc1ccc(-c2nc3c(s2)CN(C(=O)Nc2cc(C)ccc2C)CC3)cc1OC. The van der Waals surface area contributed by atoms with Crippen molar-refractivity contribution < 1.29 is 14.3 Å². The first-order valence-electron chi connectivity index (χ1n) is 9.82. The lowest BCUT2D eigenvalue weighted by Gasteiger charge is -2.26. The van der Waals surface area contributed by atoms with Crippen molar-refractivity contribution in [2.75, 3.05) is 26.1 Å². The summed E-state index contributed by atoms with van der Waals surface area (Å²) in [6.07, 6.45) is 0.749. The molecule has 0 saturated carbocycles. The van der Waals surface area contributed by atoms with Crippen molar-refractivity contribution in [2.45, 2.75) is 26.8 Å². The van der Waals surface area contributed by atoms with Crippen LogP contribution >= 0.6 is 11.3 Å². The third-order valence-electron chi connectivity index (χ3n) is 5.28. The highest BCUT2D eigenvalue weighted by molar-refractivity contribution is 7.15. The van der Waals surface area contributed by atoms with Crippen LogP contribution in [0.3, 0.4) is 0 Å². The average Bonchev–Trinajstić information content (AvgIpc) is 3.19. The number of aromatic nitrogens is 1. The Bertz CT molecular complexity index is 1090. The molecule has 6 nitrogen and oxygen atoms in total. The Kier molecular flexibility index (Phi) is 5.63. The summed E-state index contributed by atoms with van der Waals surface area (Å²) in [4.78, 5) is 20.6. The largest absolute Gasteiger partial charge is 0.493 e. The van der Waals surface area contributed by atoms with Crippen molar-refractivity contribution in [2.24, 2.45) is 0 Å². The Balaban J connectivity index is 1.52. The molecule has 0 spiro atoms. The molecule has 2 heterocycles. The van der Waals surface area contributed by atoms with Gasteiger partial charge in [0.2, 0.25) is 0 Å². The zero-order valence-corrected chi connectivity index (χ0v) is 18.4. The molecule has 1 aromatic heterocycles. The maximum absolute atomic E-state index is 12.8. The Morgan fingerprint density at radius 2 is 1.90 bits per heavy atom.